The molecule has 1 aliphatic heterocycles. The van der Waals surface area contributed by atoms with Crippen LogP contribution < -0.4 is 11.1 Å². The lowest BCUT2D eigenvalue weighted by molar-refractivity contribution is -0.147. The Bertz CT molecular complexity index is 319. The van der Waals surface area contributed by atoms with Crippen molar-refractivity contribution in [2.45, 2.75) is 26.7 Å². The molecule has 6 nitrogen and oxygen atoms in total. The fraction of sp³-hybridized carbons (Fsp3) is 0.846. The van der Waals surface area contributed by atoms with E-state index >= 15 is 0 Å². The summed E-state index contributed by atoms with van der Waals surface area (Å²) in [5, 5.41) is 2.81. The van der Waals surface area contributed by atoms with Crippen LogP contribution in [0, 0.1) is 11.3 Å². The van der Waals surface area contributed by atoms with Crippen LogP contribution in [-0.4, -0.2) is 44.8 Å². The Balaban J connectivity index is 0.00000361. The van der Waals surface area contributed by atoms with Gasteiger partial charge in [0.1, 0.15) is 0 Å². The Kier molecular flexibility index (Phi) is 8.76. The summed E-state index contributed by atoms with van der Waals surface area (Å²) in [4.78, 5) is 23.7. The molecule has 7 heteroatoms. The van der Waals surface area contributed by atoms with Crippen LogP contribution >= 0.6 is 12.4 Å². The molecule has 1 unspecified atom stereocenters. The minimum absolute atomic E-state index is 0. The molecule has 0 saturated carbocycles. The predicted molar refractivity (Wildman–Crippen MR) is 77.6 cm³/mol. The molecule has 0 spiro atoms. The van der Waals surface area contributed by atoms with Gasteiger partial charge in [-0.3, -0.25) is 9.59 Å². The van der Waals surface area contributed by atoms with E-state index < -0.39 is 5.41 Å². The fourth-order valence-corrected chi connectivity index (χ4v) is 2.09. The highest BCUT2D eigenvalue weighted by atomic mass is 35.5. The van der Waals surface area contributed by atoms with Gasteiger partial charge in [0.2, 0.25) is 5.91 Å². The monoisotopic (exact) mass is 308 g/mol. The van der Waals surface area contributed by atoms with Crippen LogP contribution in [0.3, 0.4) is 0 Å². The summed E-state index contributed by atoms with van der Waals surface area (Å²) in [7, 11) is 0. The first-order valence-corrected chi connectivity index (χ1v) is 6.78. The van der Waals surface area contributed by atoms with Crippen molar-refractivity contribution in [1.82, 2.24) is 5.32 Å². The zero-order chi connectivity index (χ0) is 14.3. The number of rotatable bonds is 6. The summed E-state index contributed by atoms with van der Waals surface area (Å²) in [5.74, 6) is -0.732. The number of amides is 1. The molecule has 1 heterocycles. The van der Waals surface area contributed by atoms with E-state index in [9.17, 15) is 9.59 Å². The van der Waals surface area contributed by atoms with Crippen molar-refractivity contribution in [3.8, 4) is 0 Å². The van der Waals surface area contributed by atoms with Crippen LogP contribution in [0.2, 0.25) is 0 Å². The molecule has 118 valence electrons. The molecule has 1 fully saturated rings. The van der Waals surface area contributed by atoms with Gasteiger partial charge >= 0.3 is 5.97 Å². The molecular formula is C13H25ClN2O4. The van der Waals surface area contributed by atoms with E-state index in [0.29, 0.717) is 39.2 Å². The third kappa shape index (κ3) is 4.92. The molecule has 0 aliphatic carbocycles. The first-order valence-electron chi connectivity index (χ1n) is 6.78. The van der Waals surface area contributed by atoms with E-state index in [1.807, 2.05) is 0 Å². The number of carbonyl (C=O) groups excluding carboxylic acids is 2. The highest BCUT2D eigenvalue weighted by Crippen LogP contribution is 2.29. The van der Waals surface area contributed by atoms with Crippen LogP contribution in [0.15, 0.2) is 0 Å². The number of esters is 1. The molecule has 0 radical (unpaired) electrons. The molecule has 1 aliphatic rings. The van der Waals surface area contributed by atoms with Gasteiger partial charge in [-0.25, -0.2) is 0 Å². The molecule has 0 bridgehead atoms. The Hall–Kier alpha value is -0.850. The number of carbonyl (C=O) groups is 2. The molecule has 1 atom stereocenters. The molecule has 1 rings (SSSR count). The van der Waals surface area contributed by atoms with Crippen LogP contribution in [0.25, 0.3) is 0 Å². The Labute approximate surface area is 126 Å². The second-order valence-corrected chi connectivity index (χ2v) is 4.96. The van der Waals surface area contributed by atoms with Gasteiger partial charge in [0.15, 0.2) is 0 Å². The molecule has 0 aromatic heterocycles. The SMILES string of the molecule is CCOC(=O)C(C)CNC(=O)C1(CN)CCOCC1.Cl. The second-order valence-electron chi connectivity index (χ2n) is 4.96. The van der Waals surface area contributed by atoms with Gasteiger partial charge in [0.05, 0.1) is 17.9 Å². The largest absolute Gasteiger partial charge is 0.466 e. The number of nitrogens with one attached hydrogen (secondary N) is 1. The van der Waals surface area contributed by atoms with Crippen LogP contribution in [0.1, 0.15) is 26.7 Å². The zero-order valence-corrected chi connectivity index (χ0v) is 13.0. The van der Waals surface area contributed by atoms with Crippen molar-refractivity contribution in [2.24, 2.45) is 17.1 Å². The molecule has 0 aromatic rings. The minimum atomic E-state index is -0.549. The van der Waals surface area contributed by atoms with Gasteiger partial charge in [0, 0.05) is 26.3 Å². The first-order chi connectivity index (χ1) is 9.05. The number of hydrogen-bond donors (Lipinski definition) is 2. The van der Waals surface area contributed by atoms with E-state index in [2.05, 4.69) is 5.32 Å². The smallest absolute Gasteiger partial charge is 0.310 e. The molecule has 3 N–H and O–H groups in total. The maximum absolute atomic E-state index is 12.2. The quantitative estimate of drug-likeness (QED) is 0.697. The lowest BCUT2D eigenvalue weighted by Crippen LogP contribution is -2.50. The molecular weight excluding hydrogens is 284 g/mol. The van der Waals surface area contributed by atoms with Crippen LogP contribution in [-0.2, 0) is 19.1 Å². The van der Waals surface area contributed by atoms with Crippen molar-refractivity contribution >= 4 is 24.3 Å². The summed E-state index contributed by atoms with van der Waals surface area (Å²) in [6.07, 6.45) is 1.26. The topological polar surface area (TPSA) is 90.7 Å². The summed E-state index contributed by atoms with van der Waals surface area (Å²) in [5.41, 5.74) is 5.20. The van der Waals surface area contributed by atoms with Gasteiger partial charge in [0.25, 0.3) is 0 Å². The molecule has 20 heavy (non-hydrogen) atoms. The van der Waals surface area contributed by atoms with Gasteiger partial charge in [-0.15, -0.1) is 12.4 Å². The Morgan fingerprint density at radius 3 is 2.50 bits per heavy atom. The maximum atomic E-state index is 12.2. The number of hydrogen-bond acceptors (Lipinski definition) is 5. The Morgan fingerprint density at radius 1 is 1.40 bits per heavy atom. The van der Waals surface area contributed by atoms with E-state index in [1.165, 1.54) is 0 Å². The molecule has 1 amide bonds. The normalized spacial score (nSPS) is 18.6. The van der Waals surface area contributed by atoms with Crippen molar-refractivity contribution in [3.63, 3.8) is 0 Å². The number of nitrogens with two attached hydrogens (primary N) is 1. The van der Waals surface area contributed by atoms with Gasteiger partial charge < -0.3 is 20.5 Å². The van der Waals surface area contributed by atoms with Crippen molar-refractivity contribution in [3.05, 3.63) is 0 Å². The highest BCUT2D eigenvalue weighted by Gasteiger charge is 2.38. The lowest BCUT2D eigenvalue weighted by atomic mass is 9.79. The first kappa shape index (κ1) is 19.1. The molecule has 1 saturated heterocycles. The van der Waals surface area contributed by atoms with E-state index in [1.54, 1.807) is 13.8 Å². The van der Waals surface area contributed by atoms with Gasteiger partial charge in [-0.1, -0.05) is 6.92 Å². The van der Waals surface area contributed by atoms with E-state index in [4.69, 9.17) is 15.2 Å². The van der Waals surface area contributed by atoms with Crippen LogP contribution in [0.4, 0.5) is 0 Å². The van der Waals surface area contributed by atoms with E-state index in [-0.39, 0.29) is 36.7 Å². The predicted octanol–water partition coefficient (Wildman–Crippen LogP) is 0.479. The van der Waals surface area contributed by atoms with Crippen molar-refractivity contribution < 1.29 is 19.1 Å². The highest BCUT2D eigenvalue weighted by molar-refractivity contribution is 5.85. The summed E-state index contributed by atoms with van der Waals surface area (Å²) >= 11 is 0. The second kappa shape index (κ2) is 9.15. The van der Waals surface area contributed by atoms with Crippen molar-refractivity contribution in [1.29, 1.82) is 0 Å². The summed E-state index contributed by atoms with van der Waals surface area (Å²) < 4.78 is 10.2. The Morgan fingerprint density at radius 2 is 2.00 bits per heavy atom. The van der Waals surface area contributed by atoms with Gasteiger partial charge in [-0.05, 0) is 19.8 Å². The van der Waals surface area contributed by atoms with Crippen LogP contribution in [0.5, 0.6) is 0 Å². The number of ether oxygens (including phenoxy) is 2. The summed E-state index contributed by atoms with van der Waals surface area (Å²) in [6.45, 7) is 5.53. The maximum Gasteiger partial charge on any atom is 0.310 e. The van der Waals surface area contributed by atoms with Crippen molar-refractivity contribution in [2.75, 3.05) is 32.9 Å². The molecule has 0 aromatic carbocycles. The standard InChI is InChI=1S/C13H24N2O4.ClH/c1-3-19-11(16)10(2)8-15-12(17)13(9-14)4-6-18-7-5-13;/h10H,3-9,14H2,1-2H3,(H,15,17);1H. The zero-order valence-electron chi connectivity index (χ0n) is 12.1. The van der Waals surface area contributed by atoms with E-state index in [0.717, 1.165) is 0 Å². The lowest BCUT2D eigenvalue weighted by Gasteiger charge is -2.34. The third-order valence-corrected chi connectivity index (χ3v) is 3.58. The minimum Gasteiger partial charge on any atom is -0.466 e. The number of halogens is 1. The average Bonchev–Trinajstić information content (AvgIpc) is 2.45. The van der Waals surface area contributed by atoms with Gasteiger partial charge in [-0.2, -0.15) is 0 Å². The summed E-state index contributed by atoms with van der Waals surface area (Å²) in [6, 6.07) is 0. The average molecular weight is 309 g/mol. The third-order valence-electron chi connectivity index (χ3n) is 3.58. The fourth-order valence-electron chi connectivity index (χ4n) is 2.09.